The molecule has 3 heterocycles. The molecule has 0 spiro atoms. The van der Waals surface area contributed by atoms with Gasteiger partial charge in [0.25, 0.3) is 5.91 Å². The summed E-state index contributed by atoms with van der Waals surface area (Å²) in [5.74, 6) is -0.0603. The number of aromatic nitrogens is 1. The van der Waals surface area contributed by atoms with Crippen LogP contribution in [0.5, 0.6) is 0 Å². The van der Waals surface area contributed by atoms with E-state index in [9.17, 15) is 4.79 Å². The van der Waals surface area contributed by atoms with E-state index in [1.807, 2.05) is 80.7 Å². The van der Waals surface area contributed by atoms with Crippen LogP contribution in [0.25, 0.3) is 10.9 Å². The molecule has 1 aromatic heterocycles. The van der Waals surface area contributed by atoms with Gasteiger partial charge in [-0.2, -0.15) is 0 Å². The number of pyridine rings is 1. The van der Waals surface area contributed by atoms with Crippen molar-refractivity contribution in [1.29, 1.82) is 0 Å². The molecule has 0 saturated carbocycles. The number of aryl methyl sites for hydroxylation is 1. The summed E-state index contributed by atoms with van der Waals surface area (Å²) in [7, 11) is 2.01. The lowest BCUT2D eigenvalue weighted by Crippen LogP contribution is -2.29. The van der Waals surface area contributed by atoms with E-state index >= 15 is 0 Å². The summed E-state index contributed by atoms with van der Waals surface area (Å²) in [6.45, 7) is 2.03. The van der Waals surface area contributed by atoms with Gasteiger partial charge in [0.15, 0.2) is 5.17 Å². The molecule has 166 valence electrons. The van der Waals surface area contributed by atoms with E-state index in [4.69, 9.17) is 4.99 Å². The summed E-state index contributed by atoms with van der Waals surface area (Å²) in [5, 5.41) is 2.52. The number of benzene rings is 3. The summed E-state index contributed by atoms with van der Waals surface area (Å²) in [6.07, 6.45) is 1.78. The molecule has 2 aliphatic heterocycles. The van der Waals surface area contributed by atoms with Crippen LogP contribution >= 0.6 is 23.5 Å². The molecule has 0 radical (unpaired) electrons. The van der Waals surface area contributed by atoms with Crippen molar-refractivity contribution in [2.24, 2.45) is 4.99 Å². The number of fused-ring (bicyclic) bond motifs is 2. The van der Waals surface area contributed by atoms with Crippen LogP contribution in [-0.4, -0.2) is 23.1 Å². The number of para-hydroxylation sites is 1. The highest BCUT2D eigenvalue weighted by atomic mass is 32.2. The lowest BCUT2D eigenvalue weighted by molar-refractivity contribution is -0.113. The molecular weight excluding hydrogens is 460 g/mol. The van der Waals surface area contributed by atoms with Gasteiger partial charge < -0.3 is 4.90 Å². The van der Waals surface area contributed by atoms with E-state index in [2.05, 4.69) is 22.0 Å². The fourth-order valence-electron chi connectivity index (χ4n) is 4.16. The van der Waals surface area contributed by atoms with Crippen molar-refractivity contribution < 1.29 is 4.79 Å². The van der Waals surface area contributed by atoms with E-state index in [0.717, 1.165) is 43.5 Å². The summed E-state index contributed by atoms with van der Waals surface area (Å²) < 4.78 is 0. The zero-order valence-electron chi connectivity index (χ0n) is 18.6. The van der Waals surface area contributed by atoms with E-state index in [1.165, 1.54) is 11.8 Å². The second-order valence-electron chi connectivity index (χ2n) is 8.09. The minimum Gasteiger partial charge on any atom is -0.337 e. The summed E-state index contributed by atoms with van der Waals surface area (Å²) in [4.78, 5) is 29.0. The Morgan fingerprint density at radius 3 is 2.62 bits per heavy atom. The number of rotatable bonds is 2. The maximum absolute atomic E-state index is 13.9. The third kappa shape index (κ3) is 3.48. The second kappa shape index (κ2) is 8.34. The molecule has 0 atom stereocenters. The quantitative estimate of drug-likeness (QED) is 0.298. The van der Waals surface area contributed by atoms with Crippen LogP contribution in [0, 0.1) is 6.92 Å². The highest BCUT2D eigenvalue weighted by Crippen LogP contribution is 2.50. The smallest absolute Gasteiger partial charge is 0.274 e. The lowest BCUT2D eigenvalue weighted by Gasteiger charge is -2.17. The first kappa shape index (κ1) is 21.0. The van der Waals surface area contributed by atoms with E-state index < -0.39 is 0 Å². The molecule has 0 N–H and O–H groups in total. The maximum Gasteiger partial charge on any atom is 0.274 e. The first-order valence-electron chi connectivity index (χ1n) is 10.9. The number of carbonyl (C=O) groups is 1. The van der Waals surface area contributed by atoms with Crippen LogP contribution in [-0.2, 0) is 4.79 Å². The lowest BCUT2D eigenvalue weighted by atomic mass is 10.2. The van der Waals surface area contributed by atoms with Gasteiger partial charge in [-0.1, -0.05) is 42.1 Å². The zero-order chi connectivity index (χ0) is 23.2. The molecule has 1 amide bonds. The number of hydrogen-bond acceptors (Lipinski definition) is 6. The normalized spacial score (nSPS) is 18.9. The third-order valence-corrected chi connectivity index (χ3v) is 8.21. The number of hydrogen-bond donors (Lipinski definition) is 0. The Morgan fingerprint density at radius 2 is 1.76 bits per heavy atom. The van der Waals surface area contributed by atoms with Gasteiger partial charge in [-0.15, -0.1) is 0 Å². The van der Waals surface area contributed by atoms with Crippen molar-refractivity contribution in [3.05, 3.63) is 101 Å². The molecule has 7 heteroatoms. The van der Waals surface area contributed by atoms with Gasteiger partial charge in [-0.25, -0.2) is 4.99 Å². The number of amidine groups is 1. The van der Waals surface area contributed by atoms with Crippen molar-refractivity contribution in [3.63, 3.8) is 0 Å². The molecule has 1 fully saturated rings. The Balaban J connectivity index is 1.51. The minimum absolute atomic E-state index is 0.0603. The van der Waals surface area contributed by atoms with Gasteiger partial charge in [0, 0.05) is 23.5 Å². The van der Waals surface area contributed by atoms with E-state index in [-0.39, 0.29) is 5.91 Å². The first-order valence-corrected chi connectivity index (χ1v) is 12.5. The number of nitrogens with zero attached hydrogens (tertiary/aromatic N) is 4. The molecule has 34 heavy (non-hydrogen) atoms. The molecule has 0 aliphatic carbocycles. The van der Waals surface area contributed by atoms with Crippen LogP contribution in [0.1, 0.15) is 5.56 Å². The van der Waals surface area contributed by atoms with Gasteiger partial charge in [0.2, 0.25) is 0 Å². The number of amides is 1. The standard InChI is InChI=1S/C27H20N4OS2/c1-17-8-5-9-18(16-17)31-25(32)24(26-30(2)22-13-3-4-14-23(22)33-26)34-27(31)29-21-12-6-11-20-19(21)10-7-15-28-20/h3-16H,1-2H3/b26-24-,29-27?. The fourth-order valence-corrected chi connectivity index (χ4v) is 6.50. The minimum atomic E-state index is -0.0603. The zero-order valence-corrected chi connectivity index (χ0v) is 20.2. The van der Waals surface area contributed by atoms with E-state index in [0.29, 0.717) is 10.1 Å². The van der Waals surface area contributed by atoms with Crippen molar-refractivity contribution in [2.45, 2.75) is 11.8 Å². The molecule has 2 aliphatic rings. The SMILES string of the molecule is Cc1cccc(N2C(=O)/C(=C3/Sc4ccccc4N3C)SC2=Nc2cccc3ncccc23)c1. The number of thioether (sulfide) groups is 2. The average molecular weight is 481 g/mol. The van der Waals surface area contributed by atoms with Crippen molar-refractivity contribution in [1.82, 2.24) is 4.98 Å². The summed E-state index contributed by atoms with van der Waals surface area (Å²) in [5.41, 5.74) is 4.68. The Labute approximate surface area is 206 Å². The molecule has 5 nitrogen and oxygen atoms in total. The summed E-state index contributed by atoms with van der Waals surface area (Å²) in [6, 6.07) is 26.0. The number of carbonyl (C=O) groups excluding carboxylic acids is 1. The molecule has 4 aromatic rings. The summed E-state index contributed by atoms with van der Waals surface area (Å²) >= 11 is 3.05. The molecule has 3 aromatic carbocycles. The van der Waals surface area contributed by atoms with E-state index in [1.54, 1.807) is 22.9 Å². The predicted molar refractivity (Wildman–Crippen MR) is 143 cm³/mol. The highest BCUT2D eigenvalue weighted by Gasteiger charge is 2.40. The number of anilines is 2. The molecule has 1 saturated heterocycles. The largest absolute Gasteiger partial charge is 0.337 e. The van der Waals surface area contributed by atoms with Gasteiger partial charge in [-0.3, -0.25) is 14.7 Å². The number of aliphatic imine (C=N–C) groups is 1. The van der Waals surface area contributed by atoms with Crippen LogP contribution in [0.2, 0.25) is 0 Å². The molecular formula is C27H20N4OS2. The first-order chi connectivity index (χ1) is 16.6. The van der Waals surface area contributed by atoms with Gasteiger partial charge in [0.05, 0.1) is 27.6 Å². The Bertz CT molecular complexity index is 1520. The van der Waals surface area contributed by atoms with Crippen LogP contribution in [0.3, 0.4) is 0 Å². The fraction of sp³-hybridized carbons (Fsp3) is 0.0741. The maximum atomic E-state index is 13.9. The van der Waals surface area contributed by atoms with Gasteiger partial charge >= 0.3 is 0 Å². The van der Waals surface area contributed by atoms with Gasteiger partial charge in [0.1, 0.15) is 4.91 Å². The Hall–Kier alpha value is -3.55. The van der Waals surface area contributed by atoms with Crippen molar-refractivity contribution in [3.8, 4) is 0 Å². The monoisotopic (exact) mass is 480 g/mol. The Morgan fingerprint density at radius 1 is 0.912 bits per heavy atom. The Kier molecular flexibility index (Phi) is 5.16. The highest BCUT2D eigenvalue weighted by molar-refractivity contribution is 8.20. The van der Waals surface area contributed by atoms with Crippen molar-refractivity contribution >= 4 is 62.6 Å². The van der Waals surface area contributed by atoms with Crippen LogP contribution < -0.4 is 9.80 Å². The van der Waals surface area contributed by atoms with Crippen LogP contribution in [0.4, 0.5) is 17.1 Å². The third-order valence-electron chi connectivity index (χ3n) is 5.81. The van der Waals surface area contributed by atoms with Crippen LogP contribution in [0.15, 0.2) is 105 Å². The molecule has 6 rings (SSSR count). The predicted octanol–water partition coefficient (Wildman–Crippen LogP) is 6.72. The average Bonchev–Trinajstić information content (AvgIpc) is 3.35. The molecule has 0 bridgehead atoms. The second-order valence-corrected chi connectivity index (χ2v) is 10.1. The molecule has 0 unspecified atom stereocenters. The topological polar surface area (TPSA) is 48.8 Å². The van der Waals surface area contributed by atoms with Gasteiger partial charge in [-0.05, 0) is 72.8 Å². The van der Waals surface area contributed by atoms with Crippen molar-refractivity contribution in [2.75, 3.05) is 16.8 Å².